The molecule has 2 N–H and O–H groups in total. The zero-order valence-electron chi connectivity index (χ0n) is 17.3. The summed E-state index contributed by atoms with van der Waals surface area (Å²) >= 11 is 0. The number of benzene rings is 2. The highest BCUT2D eigenvalue weighted by atomic mass is 19.4. The number of pyridine rings is 1. The first-order valence-electron chi connectivity index (χ1n) is 9.66. The molecule has 0 aliphatic heterocycles. The molecule has 1 amide bonds. The van der Waals surface area contributed by atoms with Crippen molar-refractivity contribution in [3.05, 3.63) is 118 Å². The van der Waals surface area contributed by atoms with Gasteiger partial charge in [0.05, 0.1) is 6.04 Å². The molecule has 1 atom stereocenters. The van der Waals surface area contributed by atoms with Gasteiger partial charge in [0.2, 0.25) is 0 Å². The molecule has 3 rings (SSSR count). The largest absolute Gasteiger partial charge is 0.431 e. The summed E-state index contributed by atoms with van der Waals surface area (Å²) in [7, 11) is 0. The van der Waals surface area contributed by atoms with E-state index in [1.807, 2.05) is 0 Å². The third-order valence-corrected chi connectivity index (χ3v) is 4.73. The maximum absolute atomic E-state index is 12.8. The minimum absolute atomic E-state index is 0.369. The van der Waals surface area contributed by atoms with E-state index in [1.165, 1.54) is 6.20 Å². The van der Waals surface area contributed by atoms with Gasteiger partial charge in [-0.1, -0.05) is 61.2 Å². The van der Waals surface area contributed by atoms with E-state index in [4.69, 9.17) is 0 Å². The molecule has 0 saturated carbocycles. The van der Waals surface area contributed by atoms with Crippen LogP contribution in [-0.2, 0) is 6.18 Å². The van der Waals surface area contributed by atoms with Gasteiger partial charge in [-0.3, -0.25) is 9.59 Å². The number of aromatic nitrogens is 1. The summed E-state index contributed by atoms with van der Waals surface area (Å²) in [6.45, 7) is 7.01. The summed E-state index contributed by atoms with van der Waals surface area (Å²) in [6, 6.07) is 16.7. The average Bonchev–Trinajstić information content (AvgIpc) is 2.81. The zero-order chi connectivity index (χ0) is 24.0. The van der Waals surface area contributed by atoms with Crippen molar-refractivity contribution in [3.8, 4) is 0 Å². The monoisotopic (exact) mass is 452 g/mol. The van der Waals surface area contributed by atoms with E-state index < -0.39 is 34.9 Å². The van der Waals surface area contributed by atoms with Crippen LogP contribution in [0.3, 0.4) is 0 Å². The van der Waals surface area contributed by atoms with E-state index in [2.05, 4.69) is 28.6 Å². The van der Waals surface area contributed by atoms with Crippen molar-refractivity contribution in [1.82, 2.24) is 10.3 Å². The van der Waals surface area contributed by atoms with Crippen molar-refractivity contribution in [2.45, 2.75) is 12.2 Å². The molecule has 3 aromatic rings. The van der Waals surface area contributed by atoms with E-state index in [0.717, 1.165) is 6.07 Å². The molecular formula is C24H19F3N4O2. The van der Waals surface area contributed by atoms with Crippen LogP contribution in [0.25, 0.3) is 0 Å². The topological polar surface area (TPSA) is 86.7 Å². The number of hydrogen-bond acceptors (Lipinski definition) is 3. The number of aliphatic imine (C=N–C) groups is 2. The Balaban J connectivity index is 1.96. The van der Waals surface area contributed by atoms with Crippen molar-refractivity contribution in [3.63, 3.8) is 0 Å². The summed E-state index contributed by atoms with van der Waals surface area (Å²) in [6.07, 6.45) is -3.39. The van der Waals surface area contributed by atoms with Gasteiger partial charge in [-0.25, -0.2) is 9.98 Å². The first-order chi connectivity index (χ1) is 15.7. The minimum atomic E-state index is -4.73. The quantitative estimate of drug-likeness (QED) is 0.426. The minimum Gasteiger partial charge on any atom is -0.341 e. The molecule has 168 valence electrons. The highest BCUT2D eigenvalue weighted by Crippen LogP contribution is 2.27. The third-order valence-electron chi connectivity index (χ3n) is 4.73. The Hall–Kier alpha value is -4.27. The Kier molecular flexibility index (Phi) is 7.02. The highest BCUT2D eigenvalue weighted by Gasteiger charge is 2.32. The molecule has 0 radical (unpaired) electrons. The summed E-state index contributed by atoms with van der Waals surface area (Å²) in [5.41, 5.74) is -0.742. The van der Waals surface area contributed by atoms with Gasteiger partial charge in [0, 0.05) is 11.8 Å². The van der Waals surface area contributed by atoms with Crippen LogP contribution in [0.1, 0.15) is 38.8 Å². The number of carbonyl (C=O) groups excluding carboxylic acids is 1. The van der Waals surface area contributed by atoms with Gasteiger partial charge in [-0.05, 0) is 30.0 Å². The molecule has 0 saturated heterocycles. The van der Waals surface area contributed by atoms with Gasteiger partial charge < -0.3 is 10.3 Å². The number of rotatable bonds is 6. The molecule has 1 aromatic heterocycles. The molecule has 33 heavy (non-hydrogen) atoms. The van der Waals surface area contributed by atoms with Gasteiger partial charge in [-0.2, -0.15) is 13.2 Å². The van der Waals surface area contributed by atoms with E-state index in [9.17, 15) is 22.8 Å². The van der Waals surface area contributed by atoms with Crippen LogP contribution >= 0.6 is 0 Å². The lowest BCUT2D eigenvalue weighted by Gasteiger charge is -2.20. The van der Waals surface area contributed by atoms with Crippen LogP contribution in [0.4, 0.5) is 13.2 Å². The number of nitrogens with zero attached hydrogens (tertiary/aromatic N) is 2. The Morgan fingerprint density at radius 2 is 1.64 bits per heavy atom. The van der Waals surface area contributed by atoms with Gasteiger partial charge in [-0.15, -0.1) is 0 Å². The fourth-order valence-corrected chi connectivity index (χ4v) is 3.15. The third kappa shape index (κ3) is 5.51. The van der Waals surface area contributed by atoms with E-state index in [0.29, 0.717) is 28.6 Å². The van der Waals surface area contributed by atoms with Crippen LogP contribution in [-0.4, -0.2) is 23.4 Å². The van der Waals surface area contributed by atoms with Gasteiger partial charge in [0.15, 0.2) is 5.84 Å². The van der Waals surface area contributed by atoms with Crippen molar-refractivity contribution in [2.75, 3.05) is 0 Å². The fraction of sp³-hybridized carbons (Fsp3) is 0.0833. The second-order valence-electron chi connectivity index (χ2n) is 6.85. The van der Waals surface area contributed by atoms with Crippen molar-refractivity contribution in [1.29, 1.82) is 0 Å². The van der Waals surface area contributed by atoms with Crippen molar-refractivity contribution in [2.24, 2.45) is 9.98 Å². The molecule has 1 heterocycles. The molecule has 2 aromatic carbocycles. The van der Waals surface area contributed by atoms with Crippen LogP contribution in [0.2, 0.25) is 0 Å². The van der Waals surface area contributed by atoms with Gasteiger partial charge >= 0.3 is 6.18 Å². The van der Waals surface area contributed by atoms with Crippen LogP contribution in [0, 0.1) is 0 Å². The van der Waals surface area contributed by atoms with Crippen molar-refractivity contribution < 1.29 is 18.0 Å². The lowest BCUT2D eigenvalue weighted by atomic mass is 9.97. The van der Waals surface area contributed by atoms with Crippen LogP contribution < -0.4 is 10.9 Å². The maximum atomic E-state index is 12.8. The van der Waals surface area contributed by atoms with E-state index in [1.54, 1.807) is 59.6 Å². The predicted octanol–water partition coefficient (Wildman–Crippen LogP) is 4.50. The summed E-state index contributed by atoms with van der Waals surface area (Å²) in [5, 5.41) is 2.73. The predicted molar refractivity (Wildman–Crippen MR) is 121 cm³/mol. The fourth-order valence-electron chi connectivity index (χ4n) is 3.15. The molecule has 9 heteroatoms. The summed E-state index contributed by atoms with van der Waals surface area (Å²) in [5.74, 6) is -0.447. The number of alkyl halides is 3. The van der Waals surface area contributed by atoms with Gasteiger partial charge in [0.1, 0.15) is 11.3 Å². The number of halogens is 3. The number of carbonyl (C=O) groups is 1. The molecule has 6 nitrogen and oxygen atoms in total. The number of aromatic amines is 1. The number of nitrogens with one attached hydrogen (secondary N) is 2. The smallest absolute Gasteiger partial charge is 0.341 e. The summed E-state index contributed by atoms with van der Waals surface area (Å²) in [4.78, 5) is 34.6. The highest BCUT2D eigenvalue weighted by molar-refractivity contribution is 6.01. The number of H-pyrrole nitrogens is 1. The molecule has 0 aliphatic rings. The molecule has 1 unspecified atom stereocenters. The van der Waals surface area contributed by atoms with Crippen molar-refractivity contribution >= 4 is 18.5 Å². The molecular weight excluding hydrogens is 433 g/mol. The Labute approximate surface area is 187 Å². The molecule has 0 aliphatic carbocycles. The second kappa shape index (κ2) is 9.90. The molecule has 0 spiro atoms. The summed E-state index contributed by atoms with van der Waals surface area (Å²) < 4.78 is 38.5. The van der Waals surface area contributed by atoms with Crippen LogP contribution in [0.5, 0.6) is 0 Å². The SMILES string of the molecule is C=CN=C(N=C)c1ccc(C(NC(=O)c2ccc(C(F)(F)F)[nH]c2=O)c2ccccc2)cc1. The van der Waals surface area contributed by atoms with E-state index >= 15 is 0 Å². The number of amides is 1. The standard InChI is InChI=1S/C24H19F3N4O2/c1-3-29-21(28-2)17-11-9-16(10-12-17)20(15-7-5-4-6-8-15)31-23(33)18-13-14-19(24(25,26)27)30-22(18)32/h3-14,20H,1-2H2,(H,30,32)(H,31,33). The number of amidine groups is 1. The first kappa shape index (κ1) is 23.4. The van der Waals surface area contributed by atoms with Crippen LogP contribution in [0.15, 0.2) is 94.3 Å². The Bertz CT molecular complexity index is 1250. The Morgan fingerprint density at radius 3 is 2.18 bits per heavy atom. The lowest BCUT2D eigenvalue weighted by Crippen LogP contribution is -2.34. The van der Waals surface area contributed by atoms with Gasteiger partial charge in [0.25, 0.3) is 11.5 Å². The lowest BCUT2D eigenvalue weighted by molar-refractivity contribution is -0.141. The maximum Gasteiger partial charge on any atom is 0.431 e. The molecule has 0 fully saturated rings. The molecule has 0 bridgehead atoms. The second-order valence-corrected chi connectivity index (χ2v) is 6.85. The Morgan fingerprint density at radius 1 is 1.00 bits per heavy atom. The number of hydrogen-bond donors (Lipinski definition) is 2. The normalized spacial score (nSPS) is 12.6. The zero-order valence-corrected chi connectivity index (χ0v) is 17.3. The first-order valence-corrected chi connectivity index (χ1v) is 9.66. The van der Waals surface area contributed by atoms with E-state index in [-0.39, 0.29) is 0 Å². The average molecular weight is 452 g/mol.